The van der Waals surface area contributed by atoms with E-state index >= 15 is 0 Å². The fourth-order valence-corrected chi connectivity index (χ4v) is 7.95. The van der Waals surface area contributed by atoms with E-state index in [2.05, 4.69) is 0 Å². The van der Waals surface area contributed by atoms with Crippen molar-refractivity contribution in [3.05, 3.63) is 69.5 Å². The number of imide groups is 2. The predicted octanol–water partition coefficient (Wildman–Crippen LogP) is 5.48. The average molecular weight is 585 g/mol. The molecular formula is C30H27Cl2FN2O5. The van der Waals surface area contributed by atoms with Crippen molar-refractivity contribution < 1.29 is 28.7 Å². The van der Waals surface area contributed by atoms with Gasteiger partial charge in [0, 0.05) is 17.5 Å². The molecule has 0 spiro atoms. The standard InChI is InChI=1S/C30H27Cl2FN2O5/c1-3-10-34-26(37)18-8-7-16-19(24(18)28(34)39)13-20-27(38)35(14-4-9-23(33)22(32)11-14)29(40)30(20,2)25(16)17-6-5-15(36)12-21(17)31/h4-7,9,11-12,18-20,24-25,36H,3,8,10,13H2,1-2H3/t18-,19+,20-,24-,25+,30+/m0/s1. The molecule has 2 heterocycles. The van der Waals surface area contributed by atoms with Crippen molar-refractivity contribution in [3.8, 4) is 5.75 Å². The van der Waals surface area contributed by atoms with Crippen molar-refractivity contribution >= 4 is 52.5 Å². The van der Waals surface area contributed by atoms with E-state index in [9.17, 15) is 28.7 Å². The van der Waals surface area contributed by atoms with E-state index in [1.54, 1.807) is 13.0 Å². The number of phenols is 1. The van der Waals surface area contributed by atoms with Gasteiger partial charge in [-0.25, -0.2) is 9.29 Å². The van der Waals surface area contributed by atoms with Gasteiger partial charge in [-0.2, -0.15) is 0 Å². The molecule has 0 aromatic heterocycles. The molecule has 1 saturated carbocycles. The Balaban J connectivity index is 1.52. The normalized spacial score (nSPS) is 31.3. The lowest BCUT2D eigenvalue weighted by molar-refractivity contribution is -0.140. The molecule has 1 N–H and O–H groups in total. The summed E-state index contributed by atoms with van der Waals surface area (Å²) in [6.07, 6.45) is 3.12. The molecule has 6 rings (SSSR count). The molecule has 208 valence electrons. The number of allylic oxidation sites excluding steroid dienone is 2. The zero-order valence-electron chi connectivity index (χ0n) is 21.9. The van der Waals surface area contributed by atoms with Crippen LogP contribution in [0, 0.1) is 34.9 Å². The molecule has 10 heteroatoms. The molecule has 0 bridgehead atoms. The third-order valence-electron chi connectivity index (χ3n) is 9.27. The second-order valence-corrected chi connectivity index (χ2v) is 12.1. The first-order valence-electron chi connectivity index (χ1n) is 13.4. The molecular weight excluding hydrogens is 558 g/mol. The largest absolute Gasteiger partial charge is 0.508 e. The first-order chi connectivity index (χ1) is 19.0. The summed E-state index contributed by atoms with van der Waals surface area (Å²) in [5, 5.41) is 10.1. The molecule has 2 aromatic rings. The highest BCUT2D eigenvalue weighted by Crippen LogP contribution is 2.64. The van der Waals surface area contributed by atoms with Crippen molar-refractivity contribution in [2.45, 2.75) is 39.0 Å². The number of likely N-dealkylation sites (tertiary alicyclic amines) is 1. The van der Waals surface area contributed by atoms with Gasteiger partial charge in [0.05, 0.1) is 33.9 Å². The minimum Gasteiger partial charge on any atom is -0.508 e. The van der Waals surface area contributed by atoms with Gasteiger partial charge in [-0.1, -0.05) is 47.8 Å². The van der Waals surface area contributed by atoms with E-state index < -0.39 is 52.6 Å². The summed E-state index contributed by atoms with van der Waals surface area (Å²) in [5.74, 6) is -5.30. The fourth-order valence-electron chi connectivity index (χ4n) is 7.49. The van der Waals surface area contributed by atoms with Gasteiger partial charge < -0.3 is 5.11 Å². The Labute approximate surface area is 240 Å². The van der Waals surface area contributed by atoms with Crippen LogP contribution in [0.3, 0.4) is 0 Å². The highest BCUT2D eigenvalue weighted by atomic mass is 35.5. The van der Waals surface area contributed by atoms with E-state index in [0.717, 1.165) is 16.5 Å². The molecule has 2 saturated heterocycles. The highest BCUT2D eigenvalue weighted by molar-refractivity contribution is 6.32. The van der Waals surface area contributed by atoms with Crippen LogP contribution >= 0.6 is 23.2 Å². The fraction of sp³-hybridized carbons (Fsp3) is 0.400. The number of hydrogen-bond acceptors (Lipinski definition) is 5. The van der Waals surface area contributed by atoms with Crippen LogP contribution in [0.4, 0.5) is 10.1 Å². The molecule has 2 aliphatic carbocycles. The van der Waals surface area contributed by atoms with Gasteiger partial charge >= 0.3 is 0 Å². The Hall–Kier alpha value is -3.23. The summed E-state index contributed by atoms with van der Waals surface area (Å²) in [6.45, 7) is 3.96. The number of anilines is 1. The second kappa shape index (κ2) is 9.42. The number of amides is 4. The lowest BCUT2D eigenvalue weighted by atomic mass is 9.51. The first kappa shape index (κ1) is 27.0. The van der Waals surface area contributed by atoms with Crippen molar-refractivity contribution in [2.75, 3.05) is 11.4 Å². The number of fused-ring (bicyclic) bond motifs is 4. The van der Waals surface area contributed by atoms with Gasteiger partial charge in [-0.15, -0.1) is 0 Å². The van der Waals surface area contributed by atoms with Gasteiger partial charge in [0.1, 0.15) is 11.6 Å². The maximum atomic E-state index is 14.3. The van der Waals surface area contributed by atoms with Crippen LogP contribution in [0.5, 0.6) is 5.75 Å². The van der Waals surface area contributed by atoms with Gasteiger partial charge in [-0.3, -0.25) is 24.1 Å². The van der Waals surface area contributed by atoms with E-state index in [1.165, 1.54) is 29.2 Å². The number of benzene rings is 2. The van der Waals surface area contributed by atoms with Gasteiger partial charge in [0.15, 0.2) is 0 Å². The Morgan fingerprint density at radius 2 is 1.75 bits per heavy atom. The smallest absolute Gasteiger partial charge is 0.241 e. The molecule has 6 atom stereocenters. The van der Waals surface area contributed by atoms with Gasteiger partial charge in [0.2, 0.25) is 23.6 Å². The minimum absolute atomic E-state index is 0.0521. The third-order valence-corrected chi connectivity index (χ3v) is 9.89. The quantitative estimate of drug-likeness (QED) is 0.379. The number of rotatable bonds is 4. The third kappa shape index (κ3) is 3.61. The molecule has 4 aliphatic rings. The molecule has 7 nitrogen and oxygen atoms in total. The van der Waals surface area contributed by atoms with Crippen molar-refractivity contribution in [3.63, 3.8) is 0 Å². The summed E-state index contributed by atoms with van der Waals surface area (Å²) >= 11 is 12.7. The topological polar surface area (TPSA) is 95.0 Å². The SMILES string of the molecule is CCCN1C(=O)[C@H]2[C@H](CC=C3[C@H]2C[C@H]2C(=O)N(c4ccc(F)c(Cl)c4)C(=O)[C@@]2(C)[C@H]3c2ccc(O)cc2Cl)C1=O. The van der Waals surface area contributed by atoms with Crippen molar-refractivity contribution in [1.29, 1.82) is 0 Å². The number of phenolic OH excluding ortho intramolecular Hbond substituents is 1. The van der Waals surface area contributed by atoms with Gasteiger partial charge in [0.25, 0.3) is 0 Å². The van der Waals surface area contributed by atoms with Crippen LogP contribution in [0.2, 0.25) is 10.0 Å². The van der Waals surface area contributed by atoms with Crippen LogP contribution < -0.4 is 4.90 Å². The Kier molecular flexibility index (Phi) is 6.35. The first-order valence-corrected chi connectivity index (χ1v) is 14.1. The van der Waals surface area contributed by atoms with Crippen LogP contribution in [-0.4, -0.2) is 40.2 Å². The van der Waals surface area contributed by atoms with E-state index in [-0.39, 0.29) is 39.7 Å². The van der Waals surface area contributed by atoms with Gasteiger partial charge in [-0.05, 0) is 68.0 Å². The summed E-state index contributed by atoms with van der Waals surface area (Å²) in [7, 11) is 0. The molecule has 0 unspecified atom stereocenters. The Morgan fingerprint density at radius 3 is 2.42 bits per heavy atom. The second-order valence-electron chi connectivity index (χ2n) is 11.3. The number of nitrogens with zero attached hydrogens (tertiary/aromatic N) is 2. The maximum Gasteiger partial charge on any atom is 0.241 e. The zero-order chi connectivity index (χ0) is 28.7. The summed E-state index contributed by atoms with van der Waals surface area (Å²) in [5.41, 5.74) is 0.197. The number of aromatic hydroxyl groups is 1. The maximum absolute atomic E-state index is 14.3. The molecule has 0 radical (unpaired) electrons. The Bertz CT molecular complexity index is 1530. The number of carbonyl (C=O) groups excluding carboxylic acids is 4. The van der Waals surface area contributed by atoms with E-state index in [1.807, 2.05) is 13.0 Å². The van der Waals surface area contributed by atoms with Crippen molar-refractivity contribution in [2.24, 2.45) is 29.1 Å². The van der Waals surface area contributed by atoms with Crippen LogP contribution in [0.1, 0.15) is 44.6 Å². The molecule has 2 aliphatic heterocycles. The molecule has 4 amide bonds. The van der Waals surface area contributed by atoms with Crippen molar-refractivity contribution in [1.82, 2.24) is 4.90 Å². The monoisotopic (exact) mass is 584 g/mol. The minimum atomic E-state index is -1.30. The summed E-state index contributed by atoms with van der Waals surface area (Å²) in [6, 6.07) is 8.19. The number of halogens is 3. The lowest BCUT2D eigenvalue weighted by Crippen LogP contribution is -2.49. The van der Waals surface area contributed by atoms with Crippen LogP contribution in [0.25, 0.3) is 0 Å². The van der Waals surface area contributed by atoms with E-state index in [0.29, 0.717) is 24.9 Å². The predicted molar refractivity (Wildman–Crippen MR) is 146 cm³/mol. The van der Waals surface area contributed by atoms with Crippen LogP contribution in [0.15, 0.2) is 48.0 Å². The summed E-state index contributed by atoms with van der Waals surface area (Å²) in [4.78, 5) is 57.6. The highest BCUT2D eigenvalue weighted by Gasteiger charge is 2.67. The zero-order valence-corrected chi connectivity index (χ0v) is 23.4. The molecule has 3 fully saturated rings. The number of hydrogen-bond donors (Lipinski definition) is 1. The van der Waals surface area contributed by atoms with E-state index in [4.69, 9.17) is 23.2 Å². The summed E-state index contributed by atoms with van der Waals surface area (Å²) < 4.78 is 14.0. The number of carbonyl (C=O) groups is 4. The average Bonchev–Trinajstić information content (AvgIpc) is 3.27. The lowest BCUT2D eigenvalue weighted by Gasteiger charge is -2.49. The van der Waals surface area contributed by atoms with Crippen LogP contribution in [-0.2, 0) is 19.2 Å². The Morgan fingerprint density at radius 1 is 1.00 bits per heavy atom. The molecule has 2 aromatic carbocycles. The molecule has 40 heavy (non-hydrogen) atoms.